The summed E-state index contributed by atoms with van der Waals surface area (Å²) in [7, 11) is 0. The molecule has 1 heterocycles. The first-order chi connectivity index (χ1) is 8.29. The summed E-state index contributed by atoms with van der Waals surface area (Å²) in [5.74, 6) is 1.60. The Morgan fingerprint density at radius 1 is 1.41 bits per heavy atom. The van der Waals surface area contributed by atoms with Crippen LogP contribution >= 0.6 is 0 Å². The molecule has 3 heteroatoms. The van der Waals surface area contributed by atoms with Gasteiger partial charge in [0.15, 0.2) is 0 Å². The summed E-state index contributed by atoms with van der Waals surface area (Å²) in [5, 5.41) is 12.1. The fourth-order valence-electron chi connectivity index (χ4n) is 2.51. The van der Waals surface area contributed by atoms with Crippen molar-refractivity contribution in [2.75, 3.05) is 11.9 Å². The predicted octanol–water partition coefficient (Wildman–Crippen LogP) is 3.19. The van der Waals surface area contributed by atoms with Crippen molar-refractivity contribution < 1.29 is 0 Å². The van der Waals surface area contributed by atoms with Crippen LogP contribution in [0.1, 0.15) is 38.3 Å². The zero-order valence-corrected chi connectivity index (χ0v) is 10.3. The Bertz CT molecular complexity index is 391. The largest absolute Gasteiger partial charge is 0.384 e. The van der Waals surface area contributed by atoms with Gasteiger partial charge in [0.1, 0.15) is 11.8 Å². The Labute approximate surface area is 103 Å². The standard InChI is InChI=1S/C14H19N3/c1-11-4-2-3-5-12(11)9-16-14-7-6-13(8-15)17-10-14/h6-7,10-12,16H,2-5,9H2,1H3. The van der Waals surface area contributed by atoms with Crippen LogP contribution in [-0.4, -0.2) is 11.5 Å². The summed E-state index contributed by atoms with van der Waals surface area (Å²) in [6, 6.07) is 5.71. The van der Waals surface area contributed by atoms with Crippen LogP contribution in [0.2, 0.25) is 0 Å². The minimum atomic E-state index is 0.474. The Morgan fingerprint density at radius 2 is 2.24 bits per heavy atom. The SMILES string of the molecule is CC1CCCCC1CNc1ccc(C#N)nc1. The molecule has 2 atom stereocenters. The highest BCUT2D eigenvalue weighted by Crippen LogP contribution is 2.29. The summed E-state index contributed by atoms with van der Waals surface area (Å²) in [6.45, 7) is 3.37. The summed E-state index contributed by atoms with van der Waals surface area (Å²) < 4.78 is 0. The van der Waals surface area contributed by atoms with Gasteiger partial charge in [0.05, 0.1) is 11.9 Å². The van der Waals surface area contributed by atoms with Gasteiger partial charge in [-0.3, -0.25) is 0 Å². The molecule has 0 amide bonds. The Kier molecular flexibility index (Phi) is 3.98. The van der Waals surface area contributed by atoms with Crippen LogP contribution < -0.4 is 5.32 Å². The van der Waals surface area contributed by atoms with Gasteiger partial charge in [-0.05, 0) is 30.4 Å². The van der Waals surface area contributed by atoms with Gasteiger partial charge in [0.2, 0.25) is 0 Å². The molecule has 0 aliphatic heterocycles. The molecule has 90 valence electrons. The summed E-state index contributed by atoms with van der Waals surface area (Å²) in [4.78, 5) is 4.06. The molecule has 1 aromatic heterocycles. The number of nitriles is 1. The van der Waals surface area contributed by atoms with Crippen LogP contribution in [0.15, 0.2) is 18.3 Å². The molecular formula is C14H19N3. The molecule has 1 saturated carbocycles. The van der Waals surface area contributed by atoms with Crippen molar-refractivity contribution in [1.82, 2.24) is 4.98 Å². The Balaban J connectivity index is 1.86. The maximum absolute atomic E-state index is 8.66. The van der Waals surface area contributed by atoms with E-state index in [-0.39, 0.29) is 0 Å². The van der Waals surface area contributed by atoms with E-state index in [1.165, 1.54) is 25.7 Å². The van der Waals surface area contributed by atoms with Crippen molar-refractivity contribution in [2.24, 2.45) is 11.8 Å². The fraction of sp³-hybridized carbons (Fsp3) is 0.571. The third kappa shape index (κ3) is 3.20. The quantitative estimate of drug-likeness (QED) is 0.866. The van der Waals surface area contributed by atoms with E-state index in [9.17, 15) is 0 Å². The third-order valence-corrected chi connectivity index (χ3v) is 3.74. The second-order valence-corrected chi connectivity index (χ2v) is 4.95. The summed E-state index contributed by atoms with van der Waals surface area (Å²) in [5.41, 5.74) is 1.49. The minimum absolute atomic E-state index is 0.474. The lowest BCUT2D eigenvalue weighted by Gasteiger charge is -2.29. The zero-order valence-electron chi connectivity index (χ0n) is 10.3. The molecule has 0 radical (unpaired) electrons. The Morgan fingerprint density at radius 3 is 2.88 bits per heavy atom. The molecular weight excluding hydrogens is 210 g/mol. The number of aromatic nitrogens is 1. The number of hydrogen-bond acceptors (Lipinski definition) is 3. The molecule has 1 aliphatic carbocycles. The smallest absolute Gasteiger partial charge is 0.140 e. The van der Waals surface area contributed by atoms with Gasteiger partial charge in [-0.2, -0.15) is 5.26 Å². The highest BCUT2D eigenvalue weighted by Gasteiger charge is 2.20. The Hall–Kier alpha value is -1.56. The lowest BCUT2D eigenvalue weighted by atomic mass is 9.80. The molecule has 1 fully saturated rings. The van der Waals surface area contributed by atoms with E-state index in [1.54, 1.807) is 12.3 Å². The second-order valence-electron chi connectivity index (χ2n) is 4.95. The van der Waals surface area contributed by atoms with Crippen molar-refractivity contribution >= 4 is 5.69 Å². The zero-order chi connectivity index (χ0) is 12.1. The lowest BCUT2D eigenvalue weighted by molar-refractivity contribution is 0.268. The molecule has 2 rings (SSSR count). The van der Waals surface area contributed by atoms with E-state index in [0.29, 0.717) is 5.69 Å². The molecule has 1 N–H and O–H groups in total. The average molecular weight is 229 g/mol. The predicted molar refractivity (Wildman–Crippen MR) is 68.6 cm³/mol. The van der Waals surface area contributed by atoms with E-state index < -0.39 is 0 Å². The molecule has 0 spiro atoms. The van der Waals surface area contributed by atoms with E-state index in [1.807, 2.05) is 12.1 Å². The number of rotatable bonds is 3. The monoisotopic (exact) mass is 229 g/mol. The van der Waals surface area contributed by atoms with Gasteiger partial charge in [0.25, 0.3) is 0 Å². The summed E-state index contributed by atoms with van der Waals surface area (Å²) in [6.07, 6.45) is 7.18. The summed E-state index contributed by atoms with van der Waals surface area (Å²) >= 11 is 0. The van der Waals surface area contributed by atoms with Gasteiger partial charge >= 0.3 is 0 Å². The fourth-order valence-corrected chi connectivity index (χ4v) is 2.51. The highest BCUT2D eigenvalue weighted by atomic mass is 14.9. The second kappa shape index (κ2) is 5.67. The van der Waals surface area contributed by atoms with Gasteiger partial charge in [0, 0.05) is 6.54 Å². The van der Waals surface area contributed by atoms with E-state index >= 15 is 0 Å². The first kappa shape index (κ1) is 11.9. The molecule has 1 aromatic rings. The highest BCUT2D eigenvalue weighted by molar-refractivity contribution is 5.42. The van der Waals surface area contributed by atoms with Crippen molar-refractivity contribution in [2.45, 2.75) is 32.6 Å². The molecule has 2 unspecified atom stereocenters. The molecule has 17 heavy (non-hydrogen) atoms. The van der Waals surface area contributed by atoms with Crippen molar-refractivity contribution in [1.29, 1.82) is 5.26 Å². The topological polar surface area (TPSA) is 48.7 Å². The lowest BCUT2D eigenvalue weighted by Crippen LogP contribution is -2.24. The number of nitrogens with one attached hydrogen (secondary N) is 1. The number of anilines is 1. The van der Waals surface area contributed by atoms with E-state index in [0.717, 1.165) is 24.1 Å². The normalized spacial score (nSPS) is 24.0. The molecule has 0 aromatic carbocycles. The van der Waals surface area contributed by atoms with Gasteiger partial charge < -0.3 is 5.32 Å². The number of hydrogen-bond donors (Lipinski definition) is 1. The maximum atomic E-state index is 8.66. The van der Waals surface area contributed by atoms with Crippen molar-refractivity contribution in [3.63, 3.8) is 0 Å². The average Bonchev–Trinajstić information content (AvgIpc) is 2.38. The van der Waals surface area contributed by atoms with Crippen LogP contribution in [0, 0.1) is 23.2 Å². The number of nitrogens with zero attached hydrogens (tertiary/aromatic N) is 2. The van der Waals surface area contributed by atoms with Gasteiger partial charge in [-0.1, -0.05) is 26.2 Å². The van der Waals surface area contributed by atoms with Crippen LogP contribution in [0.3, 0.4) is 0 Å². The third-order valence-electron chi connectivity index (χ3n) is 3.74. The molecule has 0 bridgehead atoms. The van der Waals surface area contributed by atoms with Gasteiger partial charge in [-0.15, -0.1) is 0 Å². The van der Waals surface area contributed by atoms with E-state index in [4.69, 9.17) is 5.26 Å². The van der Waals surface area contributed by atoms with Crippen molar-refractivity contribution in [3.05, 3.63) is 24.0 Å². The van der Waals surface area contributed by atoms with Crippen LogP contribution in [-0.2, 0) is 0 Å². The van der Waals surface area contributed by atoms with Gasteiger partial charge in [-0.25, -0.2) is 4.98 Å². The first-order valence-corrected chi connectivity index (χ1v) is 6.39. The molecule has 1 aliphatic rings. The number of pyridine rings is 1. The first-order valence-electron chi connectivity index (χ1n) is 6.39. The van der Waals surface area contributed by atoms with Crippen LogP contribution in [0.25, 0.3) is 0 Å². The molecule has 3 nitrogen and oxygen atoms in total. The van der Waals surface area contributed by atoms with Crippen LogP contribution in [0.5, 0.6) is 0 Å². The van der Waals surface area contributed by atoms with E-state index in [2.05, 4.69) is 17.2 Å². The maximum Gasteiger partial charge on any atom is 0.140 e. The molecule has 0 saturated heterocycles. The minimum Gasteiger partial charge on any atom is -0.384 e. The van der Waals surface area contributed by atoms with Crippen LogP contribution in [0.4, 0.5) is 5.69 Å². The van der Waals surface area contributed by atoms with Crippen molar-refractivity contribution in [3.8, 4) is 6.07 Å².